The monoisotopic (exact) mass is 342 g/mol. The van der Waals surface area contributed by atoms with Crippen molar-refractivity contribution in [3.63, 3.8) is 0 Å². The minimum Gasteiger partial charge on any atom is -0.370 e. The number of ether oxygens (including phenoxy) is 1. The van der Waals surface area contributed by atoms with Crippen LogP contribution in [-0.2, 0) is 4.74 Å². The molecule has 0 N–H and O–H groups in total. The molecule has 2 aromatic rings. The highest BCUT2D eigenvalue weighted by Gasteiger charge is 2.25. The molecule has 1 unspecified atom stereocenters. The van der Waals surface area contributed by atoms with E-state index >= 15 is 0 Å². The molecule has 1 aliphatic heterocycles. The number of anilines is 1. The van der Waals surface area contributed by atoms with Gasteiger partial charge in [-0.25, -0.2) is 8.78 Å². The third-order valence-corrected chi connectivity index (χ3v) is 4.23. The molecule has 0 spiro atoms. The average molecular weight is 342 g/mol. The molecular weight excluding hydrogens is 326 g/mol. The van der Waals surface area contributed by atoms with Gasteiger partial charge in [-0.05, 0) is 42.8 Å². The number of hydrogen-bond acceptors (Lipinski definition) is 4. The number of halogens is 2. The predicted octanol–water partition coefficient (Wildman–Crippen LogP) is 3.62. The van der Waals surface area contributed by atoms with Gasteiger partial charge in [-0.3, -0.25) is 4.79 Å². The number of carbonyl (C=O) groups is 1. The summed E-state index contributed by atoms with van der Waals surface area (Å²) >= 11 is 0. The highest BCUT2D eigenvalue weighted by Crippen LogP contribution is 2.30. The van der Waals surface area contributed by atoms with E-state index in [4.69, 9.17) is 10.00 Å². The van der Waals surface area contributed by atoms with Crippen molar-refractivity contribution in [1.82, 2.24) is 0 Å². The Hall–Kier alpha value is -2.78. The Bertz CT molecular complexity index is 861. The first-order valence-corrected chi connectivity index (χ1v) is 7.86. The number of hydrogen-bond donors (Lipinski definition) is 0. The molecule has 0 amide bonds. The van der Waals surface area contributed by atoms with Crippen LogP contribution >= 0.6 is 0 Å². The summed E-state index contributed by atoms with van der Waals surface area (Å²) in [6.45, 7) is 2.76. The normalized spacial score (nSPS) is 17.2. The van der Waals surface area contributed by atoms with E-state index in [0.717, 1.165) is 12.1 Å². The zero-order valence-corrected chi connectivity index (χ0v) is 13.6. The van der Waals surface area contributed by atoms with E-state index in [1.807, 2.05) is 4.90 Å². The minimum atomic E-state index is -0.922. The molecule has 4 nitrogen and oxygen atoms in total. The first-order valence-electron chi connectivity index (χ1n) is 7.86. The van der Waals surface area contributed by atoms with Crippen molar-refractivity contribution in [2.75, 3.05) is 24.6 Å². The van der Waals surface area contributed by atoms with Gasteiger partial charge >= 0.3 is 0 Å². The molecule has 1 fully saturated rings. The molecule has 6 heteroatoms. The maximum absolute atomic E-state index is 13.5. The SMILES string of the molecule is CC(=O)c1ccc(C#N)cc1N1CCOC(c2ccc(F)c(F)c2)C1. The molecule has 1 atom stereocenters. The summed E-state index contributed by atoms with van der Waals surface area (Å²) in [5.41, 5.74) is 2.16. The zero-order chi connectivity index (χ0) is 18.0. The number of morpholine rings is 1. The quantitative estimate of drug-likeness (QED) is 0.800. The summed E-state index contributed by atoms with van der Waals surface area (Å²) in [5.74, 6) is -1.93. The van der Waals surface area contributed by atoms with Crippen LogP contribution < -0.4 is 4.90 Å². The van der Waals surface area contributed by atoms with Gasteiger partial charge in [0.2, 0.25) is 0 Å². The van der Waals surface area contributed by atoms with Crippen molar-refractivity contribution in [2.45, 2.75) is 13.0 Å². The van der Waals surface area contributed by atoms with Crippen LogP contribution in [0.15, 0.2) is 36.4 Å². The molecule has 3 rings (SSSR count). The first kappa shape index (κ1) is 17.1. The molecule has 0 aliphatic carbocycles. The standard InChI is InChI=1S/C19H16F2N2O2/c1-12(24)15-4-2-13(10-22)8-18(15)23-6-7-25-19(11-23)14-3-5-16(20)17(21)9-14/h2-5,8-9,19H,6-7,11H2,1H3. The van der Waals surface area contributed by atoms with Crippen molar-refractivity contribution in [1.29, 1.82) is 5.26 Å². The van der Waals surface area contributed by atoms with Crippen molar-refractivity contribution in [2.24, 2.45) is 0 Å². The van der Waals surface area contributed by atoms with Crippen molar-refractivity contribution >= 4 is 11.5 Å². The van der Waals surface area contributed by atoms with E-state index in [-0.39, 0.29) is 5.78 Å². The molecule has 1 aliphatic rings. The Morgan fingerprint density at radius 1 is 1.24 bits per heavy atom. The smallest absolute Gasteiger partial charge is 0.161 e. The third kappa shape index (κ3) is 3.52. The third-order valence-electron chi connectivity index (χ3n) is 4.23. The maximum atomic E-state index is 13.5. The van der Waals surface area contributed by atoms with Gasteiger partial charge in [-0.2, -0.15) is 5.26 Å². The molecule has 1 saturated heterocycles. The number of benzene rings is 2. The van der Waals surface area contributed by atoms with Gasteiger partial charge in [0, 0.05) is 24.3 Å². The van der Waals surface area contributed by atoms with Gasteiger partial charge in [0.25, 0.3) is 0 Å². The minimum absolute atomic E-state index is 0.102. The molecular formula is C19H16F2N2O2. The molecule has 0 bridgehead atoms. The van der Waals surface area contributed by atoms with Crippen LogP contribution in [0.5, 0.6) is 0 Å². The first-order chi connectivity index (χ1) is 12.0. The number of ketones is 1. The Morgan fingerprint density at radius 2 is 2.04 bits per heavy atom. The maximum Gasteiger partial charge on any atom is 0.161 e. The van der Waals surface area contributed by atoms with Crippen LogP contribution in [0.2, 0.25) is 0 Å². The Kier molecular flexibility index (Phi) is 4.77. The molecule has 128 valence electrons. The van der Waals surface area contributed by atoms with Gasteiger partial charge in [0.15, 0.2) is 17.4 Å². The second-order valence-electron chi connectivity index (χ2n) is 5.88. The van der Waals surface area contributed by atoms with Crippen LogP contribution in [-0.4, -0.2) is 25.5 Å². The largest absolute Gasteiger partial charge is 0.370 e. The van der Waals surface area contributed by atoms with E-state index in [2.05, 4.69) is 6.07 Å². The molecule has 2 aromatic carbocycles. The fourth-order valence-electron chi connectivity index (χ4n) is 2.94. The Labute approximate surface area is 144 Å². The number of nitriles is 1. The van der Waals surface area contributed by atoms with Crippen LogP contribution in [0.3, 0.4) is 0 Å². The highest BCUT2D eigenvalue weighted by atomic mass is 19.2. The van der Waals surface area contributed by atoms with E-state index in [0.29, 0.717) is 42.1 Å². The number of Topliss-reactive ketones (excluding diaryl/α,β-unsaturated/α-hetero) is 1. The highest BCUT2D eigenvalue weighted by molar-refractivity contribution is 6.00. The van der Waals surface area contributed by atoms with Crippen LogP contribution in [0, 0.1) is 23.0 Å². The zero-order valence-electron chi connectivity index (χ0n) is 13.6. The van der Waals surface area contributed by atoms with Gasteiger partial charge in [-0.15, -0.1) is 0 Å². The van der Waals surface area contributed by atoms with Gasteiger partial charge in [0.05, 0.1) is 18.2 Å². The van der Waals surface area contributed by atoms with Crippen molar-refractivity contribution in [3.8, 4) is 6.07 Å². The predicted molar refractivity (Wildman–Crippen MR) is 88.4 cm³/mol. The summed E-state index contributed by atoms with van der Waals surface area (Å²) in [5, 5.41) is 9.12. The molecule has 0 radical (unpaired) electrons. The van der Waals surface area contributed by atoms with Crippen molar-refractivity contribution < 1.29 is 18.3 Å². The molecule has 1 heterocycles. The molecule has 0 aromatic heterocycles. The van der Waals surface area contributed by atoms with Crippen LogP contribution in [0.4, 0.5) is 14.5 Å². The topological polar surface area (TPSA) is 53.3 Å². The summed E-state index contributed by atoms with van der Waals surface area (Å²) in [7, 11) is 0. The summed E-state index contributed by atoms with van der Waals surface area (Å²) < 4.78 is 32.3. The number of rotatable bonds is 3. The summed E-state index contributed by atoms with van der Waals surface area (Å²) in [6.07, 6.45) is -0.450. The lowest BCUT2D eigenvalue weighted by Crippen LogP contribution is -2.39. The summed E-state index contributed by atoms with van der Waals surface area (Å²) in [4.78, 5) is 13.8. The lowest BCUT2D eigenvalue weighted by atomic mass is 10.0. The fourth-order valence-corrected chi connectivity index (χ4v) is 2.94. The van der Waals surface area contributed by atoms with E-state index < -0.39 is 17.7 Å². The number of carbonyl (C=O) groups excluding carboxylic acids is 1. The van der Waals surface area contributed by atoms with E-state index in [1.165, 1.54) is 13.0 Å². The van der Waals surface area contributed by atoms with Gasteiger partial charge < -0.3 is 9.64 Å². The second kappa shape index (κ2) is 6.99. The van der Waals surface area contributed by atoms with Gasteiger partial charge in [0.1, 0.15) is 6.10 Å². The lowest BCUT2D eigenvalue weighted by Gasteiger charge is -2.35. The summed E-state index contributed by atoms with van der Waals surface area (Å²) in [6, 6.07) is 10.7. The van der Waals surface area contributed by atoms with Gasteiger partial charge in [-0.1, -0.05) is 6.07 Å². The van der Waals surface area contributed by atoms with E-state index in [9.17, 15) is 13.6 Å². The fraction of sp³-hybridized carbons (Fsp3) is 0.263. The number of nitrogens with zero attached hydrogens (tertiary/aromatic N) is 2. The molecule has 0 saturated carbocycles. The van der Waals surface area contributed by atoms with Crippen molar-refractivity contribution in [3.05, 3.63) is 64.7 Å². The van der Waals surface area contributed by atoms with E-state index in [1.54, 1.807) is 18.2 Å². The van der Waals surface area contributed by atoms with Crippen LogP contribution in [0.25, 0.3) is 0 Å². The molecule has 25 heavy (non-hydrogen) atoms. The Balaban J connectivity index is 1.92. The van der Waals surface area contributed by atoms with Crippen LogP contribution in [0.1, 0.15) is 34.5 Å². The second-order valence-corrected chi connectivity index (χ2v) is 5.88. The average Bonchev–Trinajstić information content (AvgIpc) is 2.63. The Morgan fingerprint density at radius 3 is 2.72 bits per heavy atom. The lowest BCUT2D eigenvalue weighted by molar-refractivity contribution is 0.0394.